The lowest BCUT2D eigenvalue weighted by molar-refractivity contribution is -0.128. The summed E-state index contributed by atoms with van der Waals surface area (Å²) in [5, 5.41) is 0. The molecule has 1 spiro atoms. The highest BCUT2D eigenvalue weighted by molar-refractivity contribution is 5.73. The molecule has 4 heteroatoms. The van der Waals surface area contributed by atoms with Gasteiger partial charge in [0.1, 0.15) is 0 Å². The van der Waals surface area contributed by atoms with Crippen LogP contribution in [0.2, 0.25) is 0 Å². The number of hydrogen-bond acceptors (Lipinski definition) is 3. The number of benzene rings is 1. The summed E-state index contributed by atoms with van der Waals surface area (Å²) in [5.41, 5.74) is 2.98. The SMILES string of the molecule is CC(=O)N1CC(COCC2CC2)C2(CCN(Cc3ccc(C)cc3)CC2)C1. The molecule has 1 aromatic carbocycles. The van der Waals surface area contributed by atoms with Gasteiger partial charge < -0.3 is 9.64 Å². The lowest BCUT2D eigenvalue weighted by Crippen LogP contribution is -2.45. The van der Waals surface area contributed by atoms with Gasteiger partial charge in [0.2, 0.25) is 5.91 Å². The summed E-state index contributed by atoms with van der Waals surface area (Å²) >= 11 is 0. The Hall–Kier alpha value is -1.39. The van der Waals surface area contributed by atoms with E-state index in [0.29, 0.717) is 5.92 Å². The Bertz CT molecular complexity index is 645. The fourth-order valence-electron chi connectivity index (χ4n) is 4.84. The lowest BCUT2D eigenvalue weighted by Gasteiger charge is -2.42. The van der Waals surface area contributed by atoms with Crippen LogP contribution in [0.25, 0.3) is 0 Å². The average molecular weight is 371 g/mol. The summed E-state index contributed by atoms with van der Waals surface area (Å²) in [5.74, 6) is 1.53. The van der Waals surface area contributed by atoms with Gasteiger partial charge in [0, 0.05) is 39.1 Å². The lowest BCUT2D eigenvalue weighted by atomic mass is 9.71. The van der Waals surface area contributed by atoms with Crippen LogP contribution < -0.4 is 0 Å². The quantitative estimate of drug-likeness (QED) is 0.768. The van der Waals surface area contributed by atoms with Crippen molar-refractivity contribution >= 4 is 5.91 Å². The van der Waals surface area contributed by atoms with Gasteiger partial charge in [-0.3, -0.25) is 9.69 Å². The number of rotatable bonds is 6. The van der Waals surface area contributed by atoms with E-state index in [1.54, 1.807) is 6.92 Å². The summed E-state index contributed by atoms with van der Waals surface area (Å²) < 4.78 is 6.08. The molecule has 3 fully saturated rings. The highest BCUT2D eigenvalue weighted by Crippen LogP contribution is 2.45. The zero-order chi connectivity index (χ0) is 18.9. The molecule has 27 heavy (non-hydrogen) atoms. The second-order valence-electron chi connectivity index (χ2n) is 9.20. The van der Waals surface area contributed by atoms with Crippen LogP contribution in [-0.2, 0) is 16.1 Å². The second-order valence-corrected chi connectivity index (χ2v) is 9.20. The first kappa shape index (κ1) is 18.9. The van der Waals surface area contributed by atoms with Crippen molar-refractivity contribution in [2.45, 2.75) is 46.1 Å². The van der Waals surface area contributed by atoms with Crippen LogP contribution in [0.1, 0.15) is 43.7 Å². The maximum absolute atomic E-state index is 12.0. The van der Waals surface area contributed by atoms with Crippen molar-refractivity contribution in [3.8, 4) is 0 Å². The predicted molar refractivity (Wildman–Crippen MR) is 107 cm³/mol. The number of hydrogen-bond donors (Lipinski definition) is 0. The van der Waals surface area contributed by atoms with Crippen LogP contribution in [0.4, 0.5) is 0 Å². The van der Waals surface area contributed by atoms with Gasteiger partial charge in [0.05, 0.1) is 6.61 Å². The summed E-state index contributed by atoms with van der Waals surface area (Å²) in [4.78, 5) is 16.7. The summed E-state index contributed by atoms with van der Waals surface area (Å²) in [6.07, 6.45) is 5.03. The smallest absolute Gasteiger partial charge is 0.219 e. The van der Waals surface area contributed by atoms with Crippen molar-refractivity contribution in [2.75, 3.05) is 39.4 Å². The van der Waals surface area contributed by atoms with Crippen LogP contribution >= 0.6 is 0 Å². The molecule has 4 rings (SSSR count). The van der Waals surface area contributed by atoms with Gasteiger partial charge in [-0.25, -0.2) is 0 Å². The third kappa shape index (κ3) is 4.55. The molecule has 1 aromatic rings. The number of nitrogens with zero attached hydrogens (tertiary/aromatic N) is 2. The van der Waals surface area contributed by atoms with Crippen molar-refractivity contribution < 1.29 is 9.53 Å². The van der Waals surface area contributed by atoms with E-state index in [4.69, 9.17) is 4.74 Å². The molecule has 2 saturated heterocycles. The minimum atomic E-state index is 0.223. The molecule has 1 aliphatic carbocycles. The standard InChI is InChI=1S/C23H34N2O2/c1-18-3-5-20(6-4-18)13-24-11-9-23(10-12-24)17-25(19(2)26)14-22(23)16-27-15-21-7-8-21/h3-6,21-22H,7-17H2,1-2H3. The number of ether oxygens (including phenoxy) is 1. The van der Waals surface area contributed by atoms with Gasteiger partial charge in [-0.05, 0) is 62.6 Å². The normalized spacial score (nSPS) is 25.3. The molecule has 3 aliphatic rings. The topological polar surface area (TPSA) is 32.8 Å². The molecular formula is C23H34N2O2. The zero-order valence-corrected chi connectivity index (χ0v) is 17.0. The molecule has 0 N–H and O–H groups in total. The van der Waals surface area contributed by atoms with E-state index in [2.05, 4.69) is 41.0 Å². The summed E-state index contributed by atoms with van der Waals surface area (Å²) in [6.45, 7) is 10.7. The molecule has 1 saturated carbocycles. The molecule has 0 bridgehead atoms. The van der Waals surface area contributed by atoms with Crippen LogP contribution in [0.3, 0.4) is 0 Å². The molecule has 0 radical (unpaired) electrons. The van der Waals surface area contributed by atoms with E-state index in [1.165, 1.54) is 36.8 Å². The third-order valence-electron chi connectivity index (χ3n) is 7.01. The maximum atomic E-state index is 12.0. The highest BCUT2D eigenvalue weighted by Gasteiger charge is 2.48. The van der Waals surface area contributed by atoms with Crippen molar-refractivity contribution in [3.05, 3.63) is 35.4 Å². The number of amides is 1. The number of carbonyl (C=O) groups excluding carboxylic acids is 1. The van der Waals surface area contributed by atoms with Crippen LogP contribution in [0.15, 0.2) is 24.3 Å². The Morgan fingerprint density at radius 3 is 2.48 bits per heavy atom. The molecular weight excluding hydrogens is 336 g/mol. The van der Waals surface area contributed by atoms with E-state index >= 15 is 0 Å². The molecule has 0 aromatic heterocycles. The minimum absolute atomic E-state index is 0.223. The fourth-order valence-corrected chi connectivity index (χ4v) is 4.84. The van der Waals surface area contributed by atoms with Crippen LogP contribution in [-0.4, -0.2) is 55.1 Å². The molecule has 1 unspecified atom stereocenters. The number of piperidine rings is 1. The Labute approximate surface area is 163 Å². The third-order valence-corrected chi connectivity index (χ3v) is 7.01. The monoisotopic (exact) mass is 370 g/mol. The molecule has 2 aliphatic heterocycles. The molecule has 1 amide bonds. The first-order valence-corrected chi connectivity index (χ1v) is 10.7. The van der Waals surface area contributed by atoms with Gasteiger partial charge in [-0.15, -0.1) is 0 Å². The molecule has 148 valence electrons. The van der Waals surface area contributed by atoms with Crippen molar-refractivity contribution in [2.24, 2.45) is 17.3 Å². The highest BCUT2D eigenvalue weighted by atomic mass is 16.5. The Morgan fingerprint density at radius 2 is 1.85 bits per heavy atom. The molecule has 4 nitrogen and oxygen atoms in total. The fraction of sp³-hybridized carbons (Fsp3) is 0.696. The van der Waals surface area contributed by atoms with E-state index in [1.807, 2.05) is 0 Å². The Morgan fingerprint density at radius 1 is 1.15 bits per heavy atom. The summed E-state index contributed by atoms with van der Waals surface area (Å²) in [6, 6.07) is 8.91. The second kappa shape index (κ2) is 7.92. The largest absolute Gasteiger partial charge is 0.381 e. The van der Waals surface area contributed by atoms with Crippen LogP contribution in [0.5, 0.6) is 0 Å². The van der Waals surface area contributed by atoms with Gasteiger partial charge in [0.15, 0.2) is 0 Å². The zero-order valence-electron chi connectivity index (χ0n) is 17.0. The number of aryl methyl sites for hydroxylation is 1. The van der Waals surface area contributed by atoms with Gasteiger partial charge >= 0.3 is 0 Å². The molecule has 1 atom stereocenters. The van der Waals surface area contributed by atoms with Crippen molar-refractivity contribution in [1.29, 1.82) is 0 Å². The van der Waals surface area contributed by atoms with Gasteiger partial charge in [-0.1, -0.05) is 29.8 Å². The van der Waals surface area contributed by atoms with E-state index in [9.17, 15) is 4.79 Å². The Kier molecular flexibility index (Phi) is 5.56. The van der Waals surface area contributed by atoms with Crippen molar-refractivity contribution in [1.82, 2.24) is 9.80 Å². The van der Waals surface area contributed by atoms with Gasteiger partial charge in [-0.2, -0.15) is 0 Å². The van der Waals surface area contributed by atoms with Crippen molar-refractivity contribution in [3.63, 3.8) is 0 Å². The van der Waals surface area contributed by atoms with E-state index < -0.39 is 0 Å². The van der Waals surface area contributed by atoms with E-state index in [0.717, 1.165) is 51.9 Å². The first-order chi connectivity index (χ1) is 13.0. The van der Waals surface area contributed by atoms with Crippen LogP contribution in [0, 0.1) is 24.2 Å². The molecule has 2 heterocycles. The average Bonchev–Trinajstić information content (AvgIpc) is 3.41. The predicted octanol–water partition coefficient (Wildman–Crippen LogP) is 3.48. The summed E-state index contributed by atoms with van der Waals surface area (Å²) in [7, 11) is 0. The minimum Gasteiger partial charge on any atom is -0.381 e. The van der Waals surface area contributed by atoms with E-state index in [-0.39, 0.29) is 11.3 Å². The van der Waals surface area contributed by atoms with Gasteiger partial charge in [0.25, 0.3) is 0 Å². The Balaban J connectivity index is 1.35. The number of likely N-dealkylation sites (tertiary alicyclic amines) is 2. The maximum Gasteiger partial charge on any atom is 0.219 e. The first-order valence-electron chi connectivity index (χ1n) is 10.7. The number of carbonyl (C=O) groups is 1.